The van der Waals surface area contributed by atoms with Gasteiger partial charge in [-0.1, -0.05) is 6.07 Å². The second kappa shape index (κ2) is 12.6. The molecule has 194 valence electrons. The Morgan fingerprint density at radius 2 is 2.08 bits per heavy atom. The van der Waals surface area contributed by atoms with Gasteiger partial charge >= 0.3 is 6.18 Å². The molecule has 0 aliphatic carbocycles. The molecule has 1 amide bonds. The Hall–Kier alpha value is -3.34. The van der Waals surface area contributed by atoms with Crippen molar-refractivity contribution in [3.63, 3.8) is 0 Å². The number of carbonyl (C=O) groups excluding carboxylic acids is 1. The van der Waals surface area contributed by atoms with Gasteiger partial charge in [0.25, 0.3) is 11.5 Å². The largest absolute Gasteiger partial charge is 0.492 e. The van der Waals surface area contributed by atoms with Crippen LogP contribution in [-0.2, 0) is 16.1 Å². The number of alkyl halides is 3. The van der Waals surface area contributed by atoms with Gasteiger partial charge in [0, 0.05) is 44.1 Å². The summed E-state index contributed by atoms with van der Waals surface area (Å²) in [7, 11) is 0. The predicted octanol–water partition coefficient (Wildman–Crippen LogP) is 0.844. The number of aromatic nitrogens is 1. The Balaban J connectivity index is 1.76. The molecule has 0 bridgehead atoms. The van der Waals surface area contributed by atoms with Gasteiger partial charge in [0.1, 0.15) is 34.2 Å². The van der Waals surface area contributed by atoms with Crippen molar-refractivity contribution < 1.29 is 27.4 Å². The van der Waals surface area contributed by atoms with Gasteiger partial charge in [0.05, 0.1) is 13.2 Å². The highest BCUT2D eigenvalue weighted by Gasteiger charge is 2.28. The molecule has 2 aromatic rings. The van der Waals surface area contributed by atoms with Crippen molar-refractivity contribution >= 4 is 34.7 Å². The SMILES string of the molecule is CCn1c(=O)/c(=C\Nc2cccc(OCCN3CCOCC3)c2)s/c1=C(/C#N)C(=O)NCC(F)(F)F. The number of anilines is 1. The van der Waals surface area contributed by atoms with E-state index in [-0.39, 0.29) is 15.7 Å². The molecule has 0 spiro atoms. The van der Waals surface area contributed by atoms with Gasteiger partial charge in [-0.3, -0.25) is 19.1 Å². The molecule has 1 aromatic carbocycles. The molecule has 1 aromatic heterocycles. The molecule has 1 aliphatic rings. The zero-order chi connectivity index (χ0) is 26.1. The van der Waals surface area contributed by atoms with Gasteiger partial charge in [-0.2, -0.15) is 18.4 Å². The lowest BCUT2D eigenvalue weighted by Crippen LogP contribution is -2.38. The van der Waals surface area contributed by atoms with Crippen molar-refractivity contribution in [1.82, 2.24) is 14.8 Å². The highest BCUT2D eigenvalue weighted by atomic mass is 32.1. The molecular weight excluding hydrogens is 499 g/mol. The summed E-state index contributed by atoms with van der Waals surface area (Å²) >= 11 is 0.842. The van der Waals surface area contributed by atoms with Crippen LogP contribution in [0.2, 0.25) is 0 Å². The van der Waals surface area contributed by atoms with E-state index < -0.39 is 29.8 Å². The lowest BCUT2D eigenvalue weighted by atomic mass is 10.3. The first kappa shape index (κ1) is 27.3. The van der Waals surface area contributed by atoms with Crippen LogP contribution >= 0.6 is 11.3 Å². The monoisotopic (exact) mass is 525 g/mol. The van der Waals surface area contributed by atoms with Gasteiger partial charge in [-0.05, 0) is 19.1 Å². The number of ether oxygens (including phenoxy) is 2. The molecule has 0 saturated carbocycles. The van der Waals surface area contributed by atoms with Crippen LogP contribution in [0.4, 0.5) is 18.9 Å². The number of nitrogens with zero attached hydrogens (tertiary/aromatic N) is 3. The summed E-state index contributed by atoms with van der Waals surface area (Å²) in [4.78, 5) is 27.2. The van der Waals surface area contributed by atoms with Gasteiger partial charge in [0.2, 0.25) is 0 Å². The second-order valence-corrected chi connectivity index (χ2v) is 8.76. The third kappa shape index (κ3) is 7.58. The number of morpholine rings is 1. The topological polar surface area (TPSA) is 109 Å². The van der Waals surface area contributed by atoms with E-state index >= 15 is 0 Å². The Morgan fingerprint density at radius 1 is 1.33 bits per heavy atom. The standard InChI is InChI=1S/C23H26F3N5O4S/c1-2-31-21(33)19(36-22(31)18(13-27)20(32)29-15-23(24,25)26)14-28-16-4-3-5-17(12-16)35-11-8-30-6-9-34-10-7-30/h3-5,12,14,28H,2,6-11,15H2,1H3,(H,29,32)/b19-14+,22-18-. The maximum Gasteiger partial charge on any atom is 0.405 e. The number of nitrogens with one attached hydrogen (secondary N) is 2. The maximum atomic E-state index is 12.8. The number of rotatable bonds is 9. The van der Waals surface area contributed by atoms with E-state index in [0.717, 1.165) is 31.0 Å². The normalized spacial score (nSPS) is 15.8. The lowest BCUT2D eigenvalue weighted by Gasteiger charge is -2.26. The van der Waals surface area contributed by atoms with E-state index in [1.807, 2.05) is 6.07 Å². The quantitative estimate of drug-likeness (QED) is 0.500. The number of benzene rings is 1. The van der Waals surface area contributed by atoms with Crippen LogP contribution in [0.1, 0.15) is 6.92 Å². The van der Waals surface area contributed by atoms with E-state index in [0.29, 0.717) is 31.3 Å². The van der Waals surface area contributed by atoms with Crippen LogP contribution in [0.3, 0.4) is 0 Å². The summed E-state index contributed by atoms with van der Waals surface area (Å²) in [6, 6.07) is 8.76. The Labute approximate surface area is 209 Å². The highest BCUT2D eigenvalue weighted by molar-refractivity contribution is 7.07. The van der Waals surface area contributed by atoms with Crippen LogP contribution < -0.4 is 30.1 Å². The van der Waals surface area contributed by atoms with Gasteiger partial charge in [-0.15, -0.1) is 11.3 Å². The number of hydrogen-bond acceptors (Lipinski definition) is 8. The van der Waals surface area contributed by atoms with Crippen molar-refractivity contribution in [3.8, 4) is 11.8 Å². The maximum absolute atomic E-state index is 12.8. The van der Waals surface area contributed by atoms with E-state index in [1.54, 1.807) is 36.5 Å². The minimum atomic E-state index is -4.63. The molecule has 13 heteroatoms. The molecule has 9 nitrogen and oxygen atoms in total. The molecule has 0 atom stereocenters. The van der Waals surface area contributed by atoms with E-state index in [1.165, 1.54) is 10.8 Å². The Morgan fingerprint density at radius 3 is 2.75 bits per heavy atom. The van der Waals surface area contributed by atoms with Crippen molar-refractivity contribution in [1.29, 1.82) is 5.26 Å². The number of halogens is 3. The molecule has 2 N–H and O–H groups in total. The smallest absolute Gasteiger partial charge is 0.405 e. The molecule has 2 heterocycles. The summed E-state index contributed by atoms with van der Waals surface area (Å²) in [5, 5.41) is 14.1. The number of carbonyl (C=O) groups is 1. The molecule has 1 saturated heterocycles. The fourth-order valence-corrected chi connectivity index (χ4v) is 4.49. The van der Waals surface area contributed by atoms with Crippen LogP contribution in [0.25, 0.3) is 11.8 Å². The van der Waals surface area contributed by atoms with Gasteiger partial charge < -0.3 is 20.1 Å². The Kier molecular flexibility index (Phi) is 9.51. The number of nitriles is 1. The third-order valence-corrected chi connectivity index (χ3v) is 6.34. The van der Waals surface area contributed by atoms with Crippen LogP contribution in [0, 0.1) is 11.3 Å². The van der Waals surface area contributed by atoms with Crippen molar-refractivity contribution in [2.24, 2.45) is 0 Å². The molecule has 36 heavy (non-hydrogen) atoms. The minimum absolute atomic E-state index is 0.0158. The fraction of sp³-hybridized carbons (Fsp3) is 0.435. The van der Waals surface area contributed by atoms with Crippen molar-refractivity contribution in [2.75, 3.05) is 51.3 Å². The average Bonchev–Trinajstić information content (AvgIpc) is 3.17. The van der Waals surface area contributed by atoms with Crippen molar-refractivity contribution in [2.45, 2.75) is 19.6 Å². The highest BCUT2D eigenvalue weighted by Crippen LogP contribution is 2.17. The minimum Gasteiger partial charge on any atom is -0.492 e. The third-order valence-electron chi connectivity index (χ3n) is 5.21. The molecule has 1 aliphatic heterocycles. The molecule has 1 fully saturated rings. The van der Waals surface area contributed by atoms with E-state index in [2.05, 4.69) is 10.2 Å². The van der Waals surface area contributed by atoms with Crippen LogP contribution in [-0.4, -0.2) is 67.6 Å². The number of amides is 1. The lowest BCUT2D eigenvalue weighted by molar-refractivity contribution is -0.135. The summed E-state index contributed by atoms with van der Waals surface area (Å²) in [5.74, 6) is -0.555. The van der Waals surface area contributed by atoms with Gasteiger partial charge in [-0.25, -0.2) is 0 Å². The van der Waals surface area contributed by atoms with E-state index in [9.17, 15) is 28.0 Å². The fourth-order valence-electron chi connectivity index (χ4n) is 3.40. The first-order valence-electron chi connectivity index (χ1n) is 11.2. The first-order valence-corrected chi connectivity index (χ1v) is 12.0. The number of hydrogen-bond donors (Lipinski definition) is 2. The predicted molar refractivity (Wildman–Crippen MR) is 129 cm³/mol. The van der Waals surface area contributed by atoms with E-state index in [4.69, 9.17) is 9.47 Å². The molecule has 3 rings (SSSR count). The molecular formula is C23H26F3N5O4S. The zero-order valence-corrected chi connectivity index (χ0v) is 20.4. The second-order valence-electron chi connectivity index (χ2n) is 7.72. The Bertz CT molecular complexity index is 1280. The summed E-state index contributed by atoms with van der Waals surface area (Å²) in [6.07, 6.45) is -3.20. The van der Waals surface area contributed by atoms with Gasteiger partial charge in [0.15, 0.2) is 5.57 Å². The average molecular weight is 526 g/mol. The molecule has 0 unspecified atom stereocenters. The van der Waals surface area contributed by atoms with Crippen molar-refractivity contribution in [3.05, 3.63) is 43.8 Å². The number of thiazole rings is 1. The summed E-state index contributed by atoms with van der Waals surface area (Å²) < 4.78 is 49.9. The molecule has 0 radical (unpaired) electrons. The van der Waals surface area contributed by atoms with Crippen LogP contribution in [0.15, 0.2) is 29.1 Å². The van der Waals surface area contributed by atoms with Crippen LogP contribution in [0.5, 0.6) is 5.75 Å². The summed E-state index contributed by atoms with van der Waals surface area (Å²) in [6.45, 7) is 4.63. The zero-order valence-electron chi connectivity index (χ0n) is 19.6. The first-order chi connectivity index (χ1) is 17.2. The summed E-state index contributed by atoms with van der Waals surface area (Å²) in [5.41, 5.74) is -0.388.